The lowest BCUT2D eigenvalue weighted by Crippen LogP contribution is -1.94. The van der Waals surface area contributed by atoms with E-state index in [1.807, 2.05) is 60.7 Å². The number of nitrogens with zero attached hydrogens (tertiary/aromatic N) is 2. The van der Waals surface area contributed by atoms with Gasteiger partial charge in [0.2, 0.25) is 5.89 Å². The Morgan fingerprint density at radius 2 is 1.77 bits per heavy atom. The van der Waals surface area contributed by atoms with Crippen LogP contribution >= 0.6 is 0 Å². The minimum absolute atomic E-state index is 0.116. The summed E-state index contributed by atoms with van der Waals surface area (Å²) in [5, 5.41) is 9.80. The first-order valence-electron chi connectivity index (χ1n) is 8.11. The van der Waals surface area contributed by atoms with Gasteiger partial charge in [0.15, 0.2) is 11.4 Å². The van der Waals surface area contributed by atoms with Crippen LogP contribution in [0, 0.1) is 5.41 Å². The molecule has 26 heavy (non-hydrogen) atoms. The second-order valence-corrected chi connectivity index (χ2v) is 5.99. The number of hydrogen-bond acceptors (Lipinski definition) is 4. The van der Waals surface area contributed by atoms with Gasteiger partial charge in [-0.1, -0.05) is 24.3 Å². The fourth-order valence-electron chi connectivity index (χ4n) is 3.24. The van der Waals surface area contributed by atoms with Gasteiger partial charge in [-0.25, -0.2) is 9.98 Å². The second-order valence-electron chi connectivity index (χ2n) is 5.99. The van der Waals surface area contributed by atoms with Crippen molar-refractivity contribution < 1.29 is 8.83 Å². The van der Waals surface area contributed by atoms with E-state index < -0.39 is 0 Å². The van der Waals surface area contributed by atoms with E-state index in [0.29, 0.717) is 17.0 Å². The number of oxazole rings is 1. The maximum Gasteiger partial charge on any atom is 0.227 e. The van der Waals surface area contributed by atoms with Crippen molar-refractivity contribution in [2.45, 2.75) is 0 Å². The molecule has 0 spiro atoms. The molecule has 5 heteroatoms. The zero-order valence-corrected chi connectivity index (χ0v) is 13.7. The minimum Gasteiger partial charge on any atom is -0.456 e. The molecular formula is C21H13N3O2. The summed E-state index contributed by atoms with van der Waals surface area (Å²) in [5.41, 5.74) is 4.55. The molecule has 3 aromatic carbocycles. The van der Waals surface area contributed by atoms with Gasteiger partial charge in [-0.2, -0.15) is 0 Å². The molecule has 0 amide bonds. The van der Waals surface area contributed by atoms with Gasteiger partial charge < -0.3 is 8.83 Å². The number of para-hydroxylation sites is 2. The van der Waals surface area contributed by atoms with Crippen LogP contribution in [0.1, 0.15) is 5.56 Å². The highest BCUT2D eigenvalue weighted by molar-refractivity contribution is 6.18. The van der Waals surface area contributed by atoms with Gasteiger partial charge in [-0.3, -0.25) is 5.41 Å². The first-order valence-corrected chi connectivity index (χ1v) is 8.11. The molecule has 0 fully saturated rings. The number of benzene rings is 3. The summed E-state index contributed by atoms with van der Waals surface area (Å²) in [7, 11) is 0. The van der Waals surface area contributed by atoms with Gasteiger partial charge >= 0.3 is 0 Å². The zero-order chi connectivity index (χ0) is 17.7. The molecule has 5 nitrogen and oxygen atoms in total. The van der Waals surface area contributed by atoms with Crippen molar-refractivity contribution in [3.8, 4) is 11.5 Å². The van der Waals surface area contributed by atoms with Crippen LogP contribution in [0.3, 0.4) is 0 Å². The van der Waals surface area contributed by atoms with Crippen LogP contribution < -0.4 is 0 Å². The number of aromatic nitrogens is 1. The van der Waals surface area contributed by atoms with E-state index in [0.717, 1.165) is 33.0 Å². The van der Waals surface area contributed by atoms with Crippen molar-refractivity contribution in [2.75, 3.05) is 0 Å². The number of furan rings is 1. The van der Waals surface area contributed by atoms with Crippen LogP contribution in [0.2, 0.25) is 0 Å². The average molecular weight is 339 g/mol. The van der Waals surface area contributed by atoms with E-state index in [4.69, 9.17) is 14.2 Å². The van der Waals surface area contributed by atoms with Crippen LogP contribution in [-0.2, 0) is 0 Å². The molecule has 0 saturated heterocycles. The highest BCUT2D eigenvalue weighted by Crippen LogP contribution is 2.35. The fraction of sp³-hybridized carbons (Fsp3) is 0. The lowest BCUT2D eigenvalue weighted by atomic mass is 10.0. The van der Waals surface area contributed by atoms with Crippen molar-refractivity contribution >= 4 is 45.6 Å². The van der Waals surface area contributed by atoms with E-state index in [1.165, 1.54) is 0 Å². The van der Waals surface area contributed by atoms with Gasteiger partial charge in [-0.05, 0) is 43.1 Å². The van der Waals surface area contributed by atoms with E-state index in [2.05, 4.69) is 16.7 Å². The molecule has 0 aliphatic rings. The molecule has 2 heterocycles. The number of nitrogens with one attached hydrogen (secondary N) is 1. The van der Waals surface area contributed by atoms with Crippen LogP contribution in [0.25, 0.3) is 44.5 Å². The molecule has 0 bridgehead atoms. The van der Waals surface area contributed by atoms with Gasteiger partial charge in [0.05, 0.1) is 0 Å². The maximum atomic E-state index is 8.06. The highest BCUT2D eigenvalue weighted by Gasteiger charge is 2.16. The van der Waals surface area contributed by atoms with Crippen molar-refractivity contribution in [2.24, 2.45) is 4.99 Å². The predicted octanol–water partition coefficient (Wildman–Crippen LogP) is 5.42. The molecule has 1 N–H and O–H groups in total. The third kappa shape index (κ3) is 2.07. The average Bonchev–Trinajstić information content (AvgIpc) is 3.27. The number of fused-ring (bicyclic) bond motifs is 4. The van der Waals surface area contributed by atoms with Crippen molar-refractivity contribution in [3.05, 3.63) is 66.2 Å². The third-order valence-electron chi connectivity index (χ3n) is 4.45. The van der Waals surface area contributed by atoms with E-state index in [9.17, 15) is 0 Å². The molecule has 2 aromatic heterocycles. The Kier molecular flexibility index (Phi) is 3.03. The molecule has 0 aliphatic heterocycles. The van der Waals surface area contributed by atoms with Crippen LogP contribution in [0.5, 0.6) is 0 Å². The predicted molar refractivity (Wildman–Crippen MR) is 103 cm³/mol. The van der Waals surface area contributed by atoms with Gasteiger partial charge in [0.1, 0.15) is 16.7 Å². The normalized spacial score (nSPS) is 11.4. The molecule has 0 atom stereocenters. The summed E-state index contributed by atoms with van der Waals surface area (Å²) in [6, 6.07) is 19.0. The van der Waals surface area contributed by atoms with E-state index >= 15 is 0 Å². The first-order chi connectivity index (χ1) is 12.7. The summed E-state index contributed by atoms with van der Waals surface area (Å²) in [6.07, 6.45) is 0. The van der Waals surface area contributed by atoms with Crippen molar-refractivity contribution in [3.63, 3.8) is 0 Å². The lowest BCUT2D eigenvalue weighted by Gasteiger charge is -2.00. The standard InChI is InChI=1S/C21H13N3O2/c1-23-20(22)13-5-4-8-18-19(13)14-11-12(9-10-16(14)25-18)21-24-15-6-2-3-7-17(15)26-21/h2-11,22H,1H2. The number of hydrogen-bond donors (Lipinski definition) is 1. The Morgan fingerprint density at radius 3 is 2.62 bits per heavy atom. The summed E-state index contributed by atoms with van der Waals surface area (Å²) >= 11 is 0. The molecule has 5 rings (SSSR count). The van der Waals surface area contributed by atoms with Gasteiger partial charge in [0, 0.05) is 21.9 Å². The molecule has 0 unspecified atom stereocenters. The molecule has 5 aromatic rings. The minimum atomic E-state index is 0.116. The van der Waals surface area contributed by atoms with Crippen LogP contribution in [-0.4, -0.2) is 17.5 Å². The van der Waals surface area contributed by atoms with Gasteiger partial charge in [-0.15, -0.1) is 0 Å². The monoisotopic (exact) mass is 339 g/mol. The lowest BCUT2D eigenvalue weighted by molar-refractivity contribution is 0.620. The Hall–Kier alpha value is -3.73. The van der Waals surface area contributed by atoms with Crippen molar-refractivity contribution in [1.82, 2.24) is 4.98 Å². The largest absolute Gasteiger partial charge is 0.456 e. The topological polar surface area (TPSA) is 75.4 Å². The van der Waals surface area contributed by atoms with E-state index in [1.54, 1.807) is 0 Å². The Balaban J connectivity index is 1.79. The molecular weight excluding hydrogens is 326 g/mol. The summed E-state index contributed by atoms with van der Waals surface area (Å²) in [4.78, 5) is 8.33. The smallest absolute Gasteiger partial charge is 0.227 e. The second kappa shape index (κ2) is 5.39. The number of aliphatic imine (C=N–C) groups is 1. The maximum absolute atomic E-state index is 8.06. The van der Waals surface area contributed by atoms with Gasteiger partial charge in [0.25, 0.3) is 0 Å². The van der Waals surface area contributed by atoms with Crippen LogP contribution in [0.4, 0.5) is 0 Å². The Morgan fingerprint density at radius 1 is 0.923 bits per heavy atom. The third-order valence-corrected chi connectivity index (χ3v) is 4.45. The number of rotatable bonds is 2. The molecule has 124 valence electrons. The molecule has 0 aliphatic carbocycles. The Labute approximate surface area is 148 Å². The molecule has 0 saturated carbocycles. The SMILES string of the molecule is C=NC(=N)c1cccc2oc3ccc(-c4nc5ccccc5o4)cc3c12. The Bertz CT molecular complexity index is 1290. The zero-order valence-electron chi connectivity index (χ0n) is 13.7. The summed E-state index contributed by atoms with van der Waals surface area (Å²) in [5.74, 6) is 0.669. The summed E-state index contributed by atoms with van der Waals surface area (Å²) < 4.78 is 11.8. The quantitative estimate of drug-likeness (QED) is 0.344. The van der Waals surface area contributed by atoms with Crippen molar-refractivity contribution in [1.29, 1.82) is 5.41 Å². The molecule has 0 radical (unpaired) electrons. The fourth-order valence-corrected chi connectivity index (χ4v) is 3.24. The number of amidine groups is 1. The highest BCUT2D eigenvalue weighted by atomic mass is 16.3. The van der Waals surface area contributed by atoms with E-state index in [-0.39, 0.29) is 5.84 Å². The first kappa shape index (κ1) is 14.6. The van der Waals surface area contributed by atoms with Crippen LogP contribution in [0.15, 0.2) is 74.5 Å². The summed E-state index contributed by atoms with van der Waals surface area (Å²) in [6.45, 7) is 3.47.